The number of carbonyl (C=O) groups excluding carboxylic acids is 2. The molecule has 1 aliphatic heterocycles. The lowest BCUT2D eigenvalue weighted by Crippen LogP contribution is -2.45. The summed E-state index contributed by atoms with van der Waals surface area (Å²) in [7, 11) is 0. The summed E-state index contributed by atoms with van der Waals surface area (Å²) in [6, 6.07) is 6.59. The molecule has 0 saturated carbocycles. The quantitative estimate of drug-likeness (QED) is 0.808. The minimum atomic E-state index is -4.38. The topological polar surface area (TPSA) is 40.6 Å². The normalized spacial score (nSPS) is 15.3. The van der Waals surface area contributed by atoms with Crippen LogP contribution in [-0.4, -0.2) is 41.1 Å². The number of nitrogens with zero attached hydrogens (tertiary/aromatic N) is 2. The Labute approximate surface area is 134 Å². The van der Waals surface area contributed by atoms with Gasteiger partial charge in [0.1, 0.15) is 0 Å². The third-order valence-corrected chi connectivity index (χ3v) is 3.80. The van der Waals surface area contributed by atoms with E-state index in [1.165, 1.54) is 5.01 Å². The standard InChI is InChI=1S/C14H14BrF3N2O2/c15-11-4-2-10(3-5-11)13(22)20-9-1-8-19(20)12(21)6-7-14(16,17)18/h2-5H,1,6-9H2. The molecule has 2 amide bonds. The van der Waals surface area contributed by atoms with Crippen LogP contribution in [0.5, 0.6) is 0 Å². The lowest BCUT2D eigenvalue weighted by molar-refractivity contribution is -0.154. The van der Waals surface area contributed by atoms with Gasteiger partial charge in [-0.2, -0.15) is 13.2 Å². The molecule has 0 unspecified atom stereocenters. The molecule has 0 aliphatic carbocycles. The average molecular weight is 379 g/mol. The summed E-state index contributed by atoms with van der Waals surface area (Å²) in [5.41, 5.74) is 0.388. The van der Waals surface area contributed by atoms with Crippen LogP contribution in [0.15, 0.2) is 28.7 Å². The summed E-state index contributed by atoms with van der Waals surface area (Å²) in [5, 5.41) is 2.35. The number of hydrazine groups is 1. The largest absolute Gasteiger partial charge is 0.389 e. The number of amides is 2. The first-order chi connectivity index (χ1) is 10.3. The summed E-state index contributed by atoms with van der Waals surface area (Å²) in [6.45, 7) is 0.589. The fourth-order valence-corrected chi connectivity index (χ4v) is 2.47. The molecule has 0 radical (unpaired) electrons. The second-order valence-corrected chi connectivity index (χ2v) is 5.84. The molecular weight excluding hydrogens is 365 g/mol. The van der Waals surface area contributed by atoms with Crippen molar-refractivity contribution in [2.45, 2.75) is 25.4 Å². The number of alkyl halides is 3. The van der Waals surface area contributed by atoms with Crippen LogP contribution in [-0.2, 0) is 4.79 Å². The highest BCUT2D eigenvalue weighted by Crippen LogP contribution is 2.24. The van der Waals surface area contributed by atoms with Crippen LogP contribution in [0.1, 0.15) is 29.6 Å². The summed E-state index contributed by atoms with van der Waals surface area (Å²) < 4.78 is 37.4. The van der Waals surface area contributed by atoms with Gasteiger partial charge in [0, 0.05) is 29.5 Å². The smallest absolute Gasteiger partial charge is 0.273 e. The van der Waals surface area contributed by atoms with E-state index in [4.69, 9.17) is 0 Å². The maximum Gasteiger partial charge on any atom is 0.389 e. The zero-order valence-electron chi connectivity index (χ0n) is 11.6. The molecule has 0 bridgehead atoms. The molecule has 120 valence electrons. The lowest BCUT2D eigenvalue weighted by atomic mass is 10.2. The van der Waals surface area contributed by atoms with Gasteiger partial charge in [0.25, 0.3) is 5.91 Å². The molecule has 1 fully saturated rings. The van der Waals surface area contributed by atoms with Crippen molar-refractivity contribution in [1.82, 2.24) is 10.0 Å². The molecule has 1 saturated heterocycles. The van der Waals surface area contributed by atoms with Crippen LogP contribution in [0.25, 0.3) is 0 Å². The molecule has 1 aromatic carbocycles. The van der Waals surface area contributed by atoms with Crippen molar-refractivity contribution >= 4 is 27.7 Å². The van der Waals surface area contributed by atoms with E-state index in [9.17, 15) is 22.8 Å². The maximum absolute atomic E-state index is 12.4. The number of hydrogen-bond acceptors (Lipinski definition) is 2. The minimum absolute atomic E-state index is 0.263. The van der Waals surface area contributed by atoms with E-state index in [1.54, 1.807) is 24.3 Å². The summed E-state index contributed by atoms with van der Waals surface area (Å²) in [4.78, 5) is 24.3. The molecule has 0 N–H and O–H groups in total. The molecule has 0 aromatic heterocycles. The van der Waals surface area contributed by atoms with Crippen LogP contribution in [0, 0.1) is 0 Å². The first kappa shape index (κ1) is 16.8. The first-order valence-electron chi connectivity index (χ1n) is 6.72. The summed E-state index contributed by atoms with van der Waals surface area (Å²) >= 11 is 3.26. The van der Waals surface area contributed by atoms with Crippen molar-refractivity contribution in [1.29, 1.82) is 0 Å². The van der Waals surface area contributed by atoms with Crippen LogP contribution in [0.4, 0.5) is 13.2 Å². The Bertz CT molecular complexity index is 560. The van der Waals surface area contributed by atoms with Gasteiger partial charge < -0.3 is 0 Å². The van der Waals surface area contributed by atoms with E-state index in [2.05, 4.69) is 15.9 Å². The molecular formula is C14H14BrF3N2O2. The maximum atomic E-state index is 12.4. The molecule has 22 heavy (non-hydrogen) atoms. The lowest BCUT2D eigenvalue weighted by Gasteiger charge is -2.28. The van der Waals surface area contributed by atoms with E-state index in [1.807, 2.05) is 0 Å². The SMILES string of the molecule is O=C(CCC(F)(F)F)N1CCCN1C(=O)c1ccc(Br)cc1. The van der Waals surface area contributed by atoms with E-state index in [-0.39, 0.29) is 12.5 Å². The molecule has 1 heterocycles. The van der Waals surface area contributed by atoms with Crippen molar-refractivity contribution in [3.8, 4) is 0 Å². The number of rotatable bonds is 3. The molecule has 2 rings (SSSR count). The van der Waals surface area contributed by atoms with E-state index < -0.39 is 24.9 Å². The number of halogens is 4. The molecule has 1 aromatic rings. The first-order valence-corrected chi connectivity index (χ1v) is 7.52. The average Bonchev–Trinajstić information content (AvgIpc) is 2.93. The molecule has 1 aliphatic rings. The van der Waals surface area contributed by atoms with Gasteiger partial charge in [-0.05, 0) is 30.7 Å². The Balaban J connectivity index is 2.05. The van der Waals surface area contributed by atoms with Crippen molar-refractivity contribution < 1.29 is 22.8 Å². The van der Waals surface area contributed by atoms with Crippen molar-refractivity contribution in [2.24, 2.45) is 0 Å². The summed E-state index contributed by atoms with van der Waals surface area (Å²) in [5.74, 6) is -1.06. The second-order valence-electron chi connectivity index (χ2n) is 4.92. The van der Waals surface area contributed by atoms with Gasteiger partial charge in [-0.1, -0.05) is 15.9 Å². The Hall–Kier alpha value is -1.57. The number of hydrogen-bond donors (Lipinski definition) is 0. The fraction of sp³-hybridized carbons (Fsp3) is 0.429. The van der Waals surface area contributed by atoms with Crippen molar-refractivity contribution in [3.05, 3.63) is 34.3 Å². The van der Waals surface area contributed by atoms with Gasteiger partial charge in [-0.3, -0.25) is 14.6 Å². The highest BCUT2D eigenvalue weighted by molar-refractivity contribution is 9.10. The minimum Gasteiger partial charge on any atom is -0.273 e. The Morgan fingerprint density at radius 1 is 1.09 bits per heavy atom. The van der Waals surface area contributed by atoms with Crippen LogP contribution in [0.3, 0.4) is 0 Å². The number of benzene rings is 1. The van der Waals surface area contributed by atoms with Gasteiger partial charge in [-0.15, -0.1) is 0 Å². The Morgan fingerprint density at radius 2 is 1.68 bits per heavy atom. The highest BCUT2D eigenvalue weighted by Gasteiger charge is 2.34. The van der Waals surface area contributed by atoms with Crippen molar-refractivity contribution in [2.75, 3.05) is 13.1 Å². The zero-order chi connectivity index (χ0) is 16.3. The van der Waals surface area contributed by atoms with Crippen LogP contribution >= 0.6 is 15.9 Å². The summed E-state index contributed by atoms with van der Waals surface area (Å²) in [6.07, 6.45) is -5.65. The van der Waals surface area contributed by atoms with Crippen LogP contribution in [0.2, 0.25) is 0 Å². The predicted molar refractivity (Wildman–Crippen MR) is 76.8 cm³/mol. The van der Waals surface area contributed by atoms with Crippen LogP contribution < -0.4 is 0 Å². The van der Waals surface area contributed by atoms with E-state index in [0.29, 0.717) is 18.5 Å². The zero-order valence-corrected chi connectivity index (χ0v) is 13.2. The van der Waals surface area contributed by atoms with Gasteiger partial charge in [0.05, 0.1) is 6.42 Å². The number of carbonyl (C=O) groups is 2. The second kappa shape index (κ2) is 6.68. The Morgan fingerprint density at radius 3 is 2.27 bits per heavy atom. The van der Waals surface area contributed by atoms with Crippen molar-refractivity contribution in [3.63, 3.8) is 0 Å². The monoisotopic (exact) mass is 378 g/mol. The molecule has 4 nitrogen and oxygen atoms in total. The van der Waals surface area contributed by atoms with Gasteiger partial charge in [-0.25, -0.2) is 5.01 Å². The molecule has 0 atom stereocenters. The van der Waals surface area contributed by atoms with E-state index >= 15 is 0 Å². The molecule has 0 spiro atoms. The molecule has 8 heteroatoms. The van der Waals surface area contributed by atoms with Gasteiger partial charge >= 0.3 is 6.18 Å². The third kappa shape index (κ3) is 4.22. The van der Waals surface area contributed by atoms with Gasteiger partial charge in [0.2, 0.25) is 5.91 Å². The van der Waals surface area contributed by atoms with E-state index in [0.717, 1.165) is 9.48 Å². The third-order valence-electron chi connectivity index (χ3n) is 3.27. The highest BCUT2D eigenvalue weighted by atomic mass is 79.9. The van der Waals surface area contributed by atoms with Gasteiger partial charge in [0.15, 0.2) is 0 Å². The Kier molecular flexibility index (Phi) is 5.10. The fourth-order valence-electron chi connectivity index (χ4n) is 2.20. The predicted octanol–water partition coefficient (Wildman–Crippen LogP) is 3.38.